The second-order valence-electron chi connectivity index (χ2n) is 6.00. The van der Waals surface area contributed by atoms with E-state index in [1.54, 1.807) is 25.1 Å². The molecule has 1 saturated heterocycles. The third-order valence-electron chi connectivity index (χ3n) is 4.24. The molecule has 1 aromatic heterocycles. The van der Waals surface area contributed by atoms with Gasteiger partial charge in [0, 0.05) is 6.07 Å². The number of nitrogens with zero attached hydrogens (tertiary/aromatic N) is 4. The molecule has 1 atom stereocenters. The third kappa shape index (κ3) is 3.17. The number of para-hydroxylation sites is 3. The molecule has 0 saturated carbocycles. The van der Waals surface area contributed by atoms with Gasteiger partial charge in [-0.15, -0.1) is 11.8 Å². The molecule has 0 radical (unpaired) electrons. The number of carbonyl (C=O) groups excluding carboxylic acids is 1. The number of fused-ring (bicyclic) bond motifs is 1. The molecular formula is C18H15N5O3S. The first-order valence-corrected chi connectivity index (χ1v) is 9.26. The normalized spacial score (nSPS) is 16.7. The van der Waals surface area contributed by atoms with Crippen LogP contribution in [-0.4, -0.2) is 31.6 Å². The number of thioether (sulfide) groups is 1. The summed E-state index contributed by atoms with van der Waals surface area (Å²) in [6.45, 7) is 1.80. The van der Waals surface area contributed by atoms with Crippen molar-refractivity contribution in [1.82, 2.24) is 15.0 Å². The number of nitrogens with one attached hydrogen (secondary N) is 1. The Kier molecular flexibility index (Phi) is 4.36. The molecular weight excluding hydrogens is 366 g/mol. The maximum atomic E-state index is 12.4. The highest BCUT2D eigenvalue weighted by atomic mass is 32.2. The van der Waals surface area contributed by atoms with Crippen LogP contribution >= 0.6 is 11.8 Å². The largest absolute Gasteiger partial charge is 0.276 e. The van der Waals surface area contributed by atoms with Gasteiger partial charge in [-0.1, -0.05) is 24.3 Å². The summed E-state index contributed by atoms with van der Waals surface area (Å²) < 4.78 is 0. The molecule has 1 N–H and O–H groups in total. The number of rotatable bonds is 4. The fourth-order valence-corrected chi connectivity index (χ4v) is 4.08. The molecule has 2 heterocycles. The Balaban J connectivity index is 1.71. The zero-order chi connectivity index (χ0) is 19.0. The molecule has 1 unspecified atom stereocenters. The minimum Gasteiger partial charge on any atom is -0.276 e. The van der Waals surface area contributed by atoms with Crippen LogP contribution < -0.4 is 5.43 Å². The molecule has 0 spiro atoms. The van der Waals surface area contributed by atoms with E-state index in [0.29, 0.717) is 22.6 Å². The highest BCUT2D eigenvalue weighted by Gasteiger charge is 2.37. The van der Waals surface area contributed by atoms with Crippen LogP contribution in [0.4, 0.5) is 11.5 Å². The predicted octanol–water partition coefficient (Wildman–Crippen LogP) is 3.45. The fourth-order valence-electron chi connectivity index (χ4n) is 2.95. The Hall–Kier alpha value is -3.20. The molecule has 27 heavy (non-hydrogen) atoms. The number of carbonyl (C=O) groups is 1. The minimum atomic E-state index is -0.522. The summed E-state index contributed by atoms with van der Waals surface area (Å²) in [7, 11) is 0. The monoisotopic (exact) mass is 381 g/mol. The van der Waals surface area contributed by atoms with Crippen LogP contribution in [0.3, 0.4) is 0 Å². The number of hydrazine groups is 1. The first-order chi connectivity index (χ1) is 13.0. The van der Waals surface area contributed by atoms with Crippen molar-refractivity contribution < 1.29 is 9.72 Å². The number of amides is 1. The second-order valence-corrected chi connectivity index (χ2v) is 7.07. The summed E-state index contributed by atoms with van der Waals surface area (Å²) in [5.41, 5.74) is 5.59. The van der Waals surface area contributed by atoms with Gasteiger partial charge in [0.1, 0.15) is 5.37 Å². The Morgan fingerprint density at radius 1 is 1.15 bits per heavy atom. The number of hydrogen-bond donors (Lipinski definition) is 1. The van der Waals surface area contributed by atoms with E-state index in [9.17, 15) is 14.9 Å². The van der Waals surface area contributed by atoms with Gasteiger partial charge < -0.3 is 0 Å². The lowest BCUT2D eigenvalue weighted by molar-refractivity contribution is -0.385. The van der Waals surface area contributed by atoms with Gasteiger partial charge in [0.25, 0.3) is 11.6 Å². The standard InChI is InChI=1S/C18H15N5O3S/c1-11-17(20-14-8-4-3-7-13(14)19-11)21-22-16(24)10-27-18(22)12-6-2-5-9-15(12)23(25)26/h2-9,18H,10H2,1H3,(H,20,21). The van der Waals surface area contributed by atoms with Crippen molar-refractivity contribution in [2.45, 2.75) is 12.3 Å². The van der Waals surface area contributed by atoms with E-state index in [1.165, 1.54) is 22.8 Å². The summed E-state index contributed by atoms with van der Waals surface area (Å²) in [6, 6.07) is 13.9. The molecule has 0 aliphatic carbocycles. The average Bonchev–Trinajstić information content (AvgIpc) is 3.02. The Labute approximate surface area is 158 Å². The molecule has 3 aromatic rings. The van der Waals surface area contributed by atoms with E-state index in [4.69, 9.17) is 0 Å². The van der Waals surface area contributed by atoms with Gasteiger partial charge in [-0.25, -0.2) is 15.0 Å². The maximum absolute atomic E-state index is 12.4. The number of hydrogen-bond acceptors (Lipinski definition) is 7. The zero-order valence-corrected chi connectivity index (χ0v) is 15.1. The van der Waals surface area contributed by atoms with Gasteiger partial charge in [0.2, 0.25) is 0 Å². The lowest BCUT2D eigenvalue weighted by atomic mass is 10.1. The highest BCUT2D eigenvalue weighted by molar-refractivity contribution is 8.00. The zero-order valence-electron chi connectivity index (χ0n) is 14.3. The number of benzene rings is 2. The molecule has 1 fully saturated rings. The van der Waals surface area contributed by atoms with Crippen molar-refractivity contribution in [3.8, 4) is 0 Å². The summed E-state index contributed by atoms with van der Waals surface area (Å²) >= 11 is 1.33. The smallest absolute Gasteiger partial charge is 0.275 e. The van der Waals surface area contributed by atoms with E-state index in [1.807, 2.05) is 24.3 Å². The number of anilines is 1. The maximum Gasteiger partial charge on any atom is 0.275 e. The highest BCUT2D eigenvalue weighted by Crippen LogP contribution is 2.42. The van der Waals surface area contributed by atoms with Crippen LogP contribution in [-0.2, 0) is 4.79 Å². The molecule has 2 aromatic carbocycles. The van der Waals surface area contributed by atoms with Crippen molar-refractivity contribution in [3.05, 3.63) is 69.9 Å². The first kappa shape index (κ1) is 17.2. The van der Waals surface area contributed by atoms with E-state index in [-0.39, 0.29) is 17.3 Å². The minimum absolute atomic E-state index is 0.0159. The average molecular weight is 381 g/mol. The lowest BCUT2D eigenvalue weighted by Gasteiger charge is -2.25. The fraction of sp³-hybridized carbons (Fsp3) is 0.167. The van der Waals surface area contributed by atoms with Crippen LogP contribution in [0.25, 0.3) is 11.0 Å². The van der Waals surface area contributed by atoms with Crippen molar-refractivity contribution in [2.75, 3.05) is 11.2 Å². The van der Waals surface area contributed by atoms with Crippen LogP contribution in [0, 0.1) is 17.0 Å². The van der Waals surface area contributed by atoms with Crippen LogP contribution in [0.15, 0.2) is 48.5 Å². The van der Waals surface area contributed by atoms with Gasteiger partial charge in [-0.3, -0.25) is 20.3 Å². The van der Waals surface area contributed by atoms with Gasteiger partial charge in [-0.2, -0.15) is 0 Å². The predicted molar refractivity (Wildman–Crippen MR) is 103 cm³/mol. The number of nitro groups is 1. The van der Waals surface area contributed by atoms with Gasteiger partial charge in [0.15, 0.2) is 5.82 Å². The molecule has 1 aliphatic rings. The molecule has 8 nitrogen and oxygen atoms in total. The van der Waals surface area contributed by atoms with E-state index in [0.717, 1.165) is 5.52 Å². The summed E-state index contributed by atoms with van der Waals surface area (Å²) in [4.78, 5) is 32.4. The van der Waals surface area contributed by atoms with Gasteiger partial charge in [0.05, 0.1) is 33.0 Å². The Bertz CT molecular complexity index is 1060. The van der Waals surface area contributed by atoms with Gasteiger partial charge >= 0.3 is 0 Å². The van der Waals surface area contributed by atoms with Crippen molar-refractivity contribution in [2.24, 2.45) is 0 Å². The van der Waals surface area contributed by atoms with Crippen molar-refractivity contribution in [3.63, 3.8) is 0 Å². The summed E-state index contributed by atoms with van der Waals surface area (Å²) in [5, 5.41) is 12.3. The van der Waals surface area contributed by atoms with Gasteiger partial charge in [-0.05, 0) is 25.1 Å². The molecule has 4 rings (SSSR count). The van der Waals surface area contributed by atoms with Crippen molar-refractivity contribution in [1.29, 1.82) is 0 Å². The second kappa shape index (κ2) is 6.84. The molecule has 1 aliphatic heterocycles. The quantitative estimate of drug-likeness (QED) is 0.545. The summed E-state index contributed by atoms with van der Waals surface area (Å²) in [6.07, 6.45) is 0. The topological polar surface area (TPSA) is 101 Å². The molecule has 0 bridgehead atoms. The van der Waals surface area contributed by atoms with Crippen LogP contribution in [0.5, 0.6) is 0 Å². The Morgan fingerprint density at radius 3 is 2.56 bits per heavy atom. The first-order valence-electron chi connectivity index (χ1n) is 8.21. The third-order valence-corrected chi connectivity index (χ3v) is 5.43. The Morgan fingerprint density at radius 2 is 1.81 bits per heavy atom. The van der Waals surface area contributed by atoms with Crippen LogP contribution in [0.2, 0.25) is 0 Å². The van der Waals surface area contributed by atoms with E-state index in [2.05, 4.69) is 15.4 Å². The molecule has 1 amide bonds. The molecule has 136 valence electrons. The summed E-state index contributed by atoms with van der Waals surface area (Å²) in [5.74, 6) is 0.509. The van der Waals surface area contributed by atoms with Crippen LogP contribution in [0.1, 0.15) is 16.6 Å². The van der Waals surface area contributed by atoms with E-state index < -0.39 is 10.3 Å². The number of aryl methyl sites for hydroxylation is 1. The van der Waals surface area contributed by atoms with Crippen molar-refractivity contribution >= 4 is 40.2 Å². The van der Waals surface area contributed by atoms with E-state index >= 15 is 0 Å². The number of aromatic nitrogens is 2. The number of nitro benzene ring substituents is 1. The SMILES string of the molecule is Cc1nc2ccccc2nc1NN1C(=O)CSC1c1ccccc1[N+](=O)[O-]. The lowest BCUT2D eigenvalue weighted by Crippen LogP contribution is -2.34. The molecule has 9 heteroatoms.